The fourth-order valence-electron chi connectivity index (χ4n) is 4.70. The molecule has 6 rings (SSSR count). The highest BCUT2D eigenvalue weighted by atomic mass is 19.1. The number of rotatable bonds is 6. The highest BCUT2D eigenvalue weighted by Crippen LogP contribution is 2.37. The van der Waals surface area contributed by atoms with Gasteiger partial charge in [0.25, 0.3) is 5.91 Å². The monoisotopic (exact) mass is 527 g/mol. The molecule has 0 aliphatic carbocycles. The van der Waals surface area contributed by atoms with E-state index in [2.05, 4.69) is 25.4 Å². The van der Waals surface area contributed by atoms with Gasteiger partial charge >= 0.3 is 0 Å². The number of nitrogens with one attached hydrogen (secondary N) is 1. The third-order valence-electron chi connectivity index (χ3n) is 6.69. The second-order valence-electron chi connectivity index (χ2n) is 9.31. The predicted molar refractivity (Wildman–Crippen MR) is 144 cm³/mol. The Morgan fingerprint density at radius 2 is 1.95 bits per heavy atom. The van der Waals surface area contributed by atoms with Gasteiger partial charge in [0.15, 0.2) is 11.9 Å². The molecule has 1 amide bonds. The lowest BCUT2D eigenvalue weighted by Crippen LogP contribution is -2.46. The molecule has 1 aliphatic rings. The molecule has 2 aromatic carbocycles. The lowest BCUT2D eigenvalue weighted by Gasteiger charge is -2.29. The molecule has 0 saturated carbocycles. The summed E-state index contributed by atoms with van der Waals surface area (Å²) in [5.41, 5.74) is 3.02. The number of pyridine rings is 1. The van der Waals surface area contributed by atoms with Crippen LogP contribution in [0.15, 0.2) is 61.3 Å². The second kappa shape index (κ2) is 10.3. The van der Waals surface area contributed by atoms with Crippen LogP contribution >= 0.6 is 0 Å². The van der Waals surface area contributed by atoms with Gasteiger partial charge in [-0.3, -0.25) is 14.5 Å². The zero-order valence-corrected chi connectivity index (χ0v) is 21.5. The fourth-order valence-corrected chi connectivity index (χ4v) is 4.70. The number of carbonyl (C=O) groups is 1. The first kappa shape index (κ1) is 24.7. The molecule has 1 aliphatic heterocycles. The Hall–Kier alpha value is -4.64. The van der Waals surface area contributed by atoms with Crippen molar-refractivity contribution in [3.05, 3.63) is 67.1 Å². The van der Waals surface area contributed by atoms with Crippen LogP contribution in [0.4, 0.5) is 15.9 Å². The van der Waals surface area contributed by atoms with Crippen LogP contribution in [0.3, 0.4) is 0 Å². The molecule has 0 bridgehead atoms. The first-order valence-corrected chi connectivity index (χ1v) is 12.6. The number of amides is 1. The van der Waals surface area contributed by atoms with Crippen LogP contribution in [-0.2, 0) is 16.6 Å². The Balaban J connectivity index is 1.43. The molecule has 0 radical (unpaired) electrons. The number of carbonyl (C=O) groups excluding carboxylic acids is 1. The quantitative estimate of drug-likeness (QED) is 0.352. The summed E-state index contributed by atoms with van der Waals surface area (Å²) in [6, 6.07) is 10.4. The molecule has 0 spiro atoms. The number of hydrogen-bond donors (Lipinski definition) is 1. The Bertz CT molecular complexity index is 1680. The van der Waals surface area contributed by atoms with E-state index < -0.39 is 11.9 Å². The van der Waals surface area contributed by atoms with Gasteiger partial charge in [0.05, 0.1) is 41.5 Å². The number of fused-ring (bicyclic) bond motifs is 2. The molecule has 11 heteroatoms. The molecule has 0 unspecified atom stereocenters. The van der Waals surface area contributed by atoms with Crippen LogP contribution in [-0.4, -0.2) is 67.9 Å². The van der Waals surface area contributed by atoms with Crippen molar-refractivity contribution < 1.29 is 18.7 Å². The Kier molecular flexibility index (Phi) is 6.49. The number of halogens is 1. The van der Waals surface area contributed by atoms with Gasteiger partial charge < -0.3 is 19.7 Å². The smallest absolute Gasteiger partial charge is 0.263 e. The summed E-state index contributed by atoms with van der Waals surface area (Å²) in [6.45, 7) is 3.72. The average molecular weight is 528 g/mol. The lowest BCUT2D eigenvalue weighted by molar-refractivity contribution is -0.142. The van der Waals surface area contributed by atoms with Gasteiger partial charge in [-0.1, -0.05) is 0 Å². The molecule has 10 nitrogen and oxygen atoms in total. The van der Waals surface area contributed by atoms with Gasteiger partial charge in [0.2, 0.25) is 0 Å². The minimum atomic E-state index is -0.785. The van der Waals surface area contributed by atoms with Gasteiger partial charge in [-0.15, -0.1) is 0 Å². The maximum absolute atomic E-state index is 15.4. The molecule has 1 N–H and O–H groups in total. The molecular formula is C28H26FN7O3. The summed E-state index contributed by atoms with van der Waals surface area (Å²) in [4.78, 5) is 28.0. The maximum Gasteiger partial charge on any atom is 0.263 e. The number of morpholine rings is 1. The van der Waals surface area contributed by atoms with Crippen molar-refractivity contribution in [3.63, 3.8) is 0 Å². The highest BCUT2D eigenvalue weighted by Gasteiger charge is 2.26. The van der Waals surface area contributed by atoms with Gasteiger partial charge in [0, 0.05) is 43.5 Å². The second-order valence-corrected chi connectivity index (χ2v) is 9.31. The van der Waals surface area contributed by atoms with E-state index in [0.717, 1.165) is 11.1 Å². The van der Waals surface area contributed by atoms with Crippen LogP contribution in [0.5, 0.6) is 5.75 Å². The Labute approximate surface area is 223 Å². The predicted octanol–water partition coefficient (Wildman–Crippen LogP) is 4.09. The van der Waals surface area contributed by atoms with Crippen molar-refractivity contribution in [1.82, 2.24) is 29.6 Å². The number of ether oxygens (including phenoxy) is 2. The van der Waals surface area contributed by atoms with E-state index in [1.807, 2.05) is 25.4 Å². The molecule has 4 heterocycles. The van der Waals surface area contributed by atoms with Crippen LogP contribution in [0, 0.1) is 5.82 Å². The number of hydrogen-bond acceptors (Lipinski definition) is 8. The largest absolute Gasteiger partial charge is 0.480 e. The van der Waals surface area contributed by atoms with E-state index in [-0.39, 0.29) is 11.6 Å². The number of aromatic nitrogens is 5. The molecule has 1 saturated heterocycles. The van der Waals surface area contributed by atoms with Gasteiger partial charge in [-0.2, -0.15) is 5.10 Å². The Morgan fingerprint density at radius 1 is 1.10 bits per heavy atom. The van der Waals surface area contributed by atoms with E-state index in [1.54, 1.807) is 53.2 Å². The van der Waals surface area contributed by atoms with Crippen molar-refractivity contribution in [3.8, 4) is 16.9 Å². The van der Waals surface area contributed by atoms with Crippen molar-refractivity contribution in [2.24, 2.45) is 7.05 Å². The third kappa shape index (κ3) is 4.84. The van der Waals surface area contributed by atoms with E-state index in [1.165, 1.54) is 6.33 Å². The molecule has 5 aromatic rings. The summed E-state index contributed by atoms with van der Waals surface area (Å²) in [6.07, 6.45) is 5.87. The summed E-state index contributed by atoms with van der Waals surface area (Å²) < 4.78 is 28.8. The normalized spacial score (nSPS) is 14.5. The Morgan fingerprint density at radius 3 is 2.74 bits per heavy atom. The van der Waals surface area contributed by atoms with E-state index in [0.29, 0.717) is 59.7 Å². The van der Waals surface area contributed by atoms with Crippen LogP contribution in [0.1, 0.15) is 6.92 Å². The van der Waals surface area contributed by atoms with Crippen LogP contribution in [0.25, 0.3) is 32.9 Å². The van der Waals surface area contributed by atoms with E-state index in [4.69, 9.17) is 9.47 Å². The van der Waals surface area contributed by atoms with Crippen molar-refractivity contribution in [1.29, 1.82) is 0 Å². The molecule has 39 heavy (non-hydrogen) atoms. The van der Waals surface area contributed by atoms with Gasteiger partial charge in [-0.05, 0) is 48.9 Å². The van der Waals surface area contributed by atoms with E-state index in [9.17, 15) is 4.79 Å². The fraction of sp³-hybridized carbons (Fsp3) is 0.250. The zero-order valence-electron chi connectivity index (χ0n) is 21.5. The molecule has 1 atom stereocenters. The van der Waals surface area contributed by atoms with Crippen molar-refractivity contribution in [2.75, 3.05) is 31.6 Å². The minimum absolute atomic E-state index is 0.141. The maximum atomic E-state index is 15.4. The SMILES string of the molecule is C[C@H](Oc1cc(-c2cnn(C)c2)cc2ncnc(Nc3ccc4ncccc4c3F)c12)C(=O)N1CCOCC1. The summed E-state index contributed by atoms with van der Waals surface area (Å²) in [7, 11) is 1.84. The van der Waals surface area contributed by atoms with Crippen molar-refractivity contribution in [2.45, 2.75) is 13.0 Å². The first-order valence-electron chi connectivity index (χ1n) is 12.6. The zero-order chi connectivity index (χ0) is 26.9. The highest BCUT2D eigenvalue weighted by molar-refractivity contribution is 5.99. The topological polar surface area (TPSA) is 107 Å². The molecule has 3 aromatic heterocycles. The number of aryl methyl sites for hydroxylation is 1. The third-order valence-corrected chi connectivity index (χ3v) is 6.69. The number of anilines is 2. The van der Waals surface area contributed by atoms with Crippen LogP contribution in [0.2, 0.25) is 0 Å². The molecular weight excluding hydrogens is 501 g/mol. The number of benzene rings is 2. The summed E-state index contributed by atoms with van der Waals surface area (Å²) in [5.74, 6) is 0.155. The van der Waals surface area contributed by atoms with Gasteiger partial charge in [-0.25, -0.2) is 14.4 Å². The molecule has 1 fully saturated rings. The number of nitrogens with zero attached hydrogens (tertiary/aromatic N) is 6. The standard InChI is InChI=1S/C28H26FN7O3/c1-17(28(37)36-8-10-38-11-9-36)39-24-13-18(19-14-33-35(2)15-19)12-23-25(24)27(32-16-31-23)34-22-6-5-21-20(26(22)29)4-3-7-30-21/h3-7,12-17H,8-11H2,1-2H3,(H,31,32,34)/t17-/m0/s1. The molecule has 198 valence electrons. The van der Waals surface area contributed by atoms with Crippen molar-refractivity contribution >= 4 is 39.2 Å². The van der Waals surface area contributed by atoms with Gasteiger partial charge in [0.1, 0.15) is 17.9 Å². The lowest BCUT2D eigenvalue weighted by atomic mass is 10.1. The first-order chi connectivity index (χ1) is 19.0. The average Bonchev–Trinajstić information content (AvgIpc) is 3.41. The summed E-state index contributed by atoms with van der Waals surface area (Å²) in [5, 5.41) is 8.30. The van der Waals surface area contributed by atoms with E-state index >= 15 is 4.39 Å². The summed E-state index contributed by atoms with van der Waals surface area (Å²) >= 11 is 0. The minimum Gasteiger partial charge on any atom is -0.480 e. The van der Waals surface area contributed by atoms with Crippen LogP contribution < -0.4 is 10.1 Å².